The van der Waals surface area contributed by atoms with E-state index >= 15 is 0 Å². The molecule has 0 saturated heterocycles. The van der Waals surface area contributed by atoms with Gasteiger partial charge in [0.05, 0.1) is 6.26 Å². The molecule has 0 fully saturated rings. The average molecular weight is 259 g/mol. The number of aryl methyl sites for hydroxylation is 1. The van der Waals surface area contributed by atoms with E-state index in [2.05, 4.69) is 5.32 Å². The van der Waals surface area contributed by atoms with E-state index in [1.807, 2.05) is 0 Å². The molecule has 1 aromatic carbocycles. The summed E-state index contributed by atoms with van der Waals surface area (Å²) in [7, 11) is 0. The Labute approximate surface area is 109 Å². The SMILES string of the molecule is Cc1ccoc1C(=O)NC(C(=O)O)c1ccccc1. The number of nitrogens with one attached hydrogen (secondary N) is 1. The van der Waals surface area contributed by atoms with Crippen LogP contribution >= 0.6 is 0 Å². The molecule has 2 N–H and O–H groups in total. The molecule has 1 aromatic heterocycles. The van der Waals surface area contributed by atoms with Crippen molar-refractivity contribution >= 4 is 11.9 Å². The van der Waals surface area contributed by atoms with Crippen molar-refractivity contribution in [3.05, 3.63) is 59.5 Å². The summed E-state index contributed by atoms with van der Waals surface area (Å²) in [5.74, 6) is -1.54. The van der Waals surface area contributed by atoms with Crippen LogP contribution in [0, 0.1) is 6.92 Å². The molecule has 1 amide bonds. The lowest BCUT2D eigenvalue weighted by Crippen LogP contribution is -2.33. The molecular weight excluding hydrogens is 246 g/mol. The third-order valence-electron chi connectivity index (χ3n) is 2.72. The lowest BCUT2D eigenvalue weighted by atomic mass is 10.1. The largest absolute Gasteiger partial charge is 0.479 e. The molecule has 19 heavy (non-hydrogen) atoms. The van der Waals surface area contributed by atoms with Crippen LogP contribution in [0.15, 0.2) is 47.1 Å². The van der Waals surface area contributed by atoms with E-state index in [0.717, 1.165) is 0 Å². The fourth-order valence-electron chi connectivity index (χ4n) is 1.74. The minimum absolute atomic E-state index is 0.127. The molecule has 0 spiro atoms. The van der Waals surface area contributed by atoms with Gasteiger partial charge in [-0.2, -0.15) is 0 Å². The first-order valence-electron chi connectivity index (χ1n) is 5.72. The second kappa shape index (κ2) is 5.39. The van der Waals surface area contributed by atoms with Crippen LogP contribution in [0.25, 0.3) is 0 Å². The topological polar surface area (TPSA) is 79.5 Å². The summed E-state index contributed by atoms with van der Waals surface area (Å²) in [6.07, 6.45) is 1.39. The molecule has 5 heteroatoms. The Balaban J connectivity index is 2.21. The minimum Gasteiger partial charge on any atom is -0.479 e. The van der Waals surface area contributed by atoms with E-state index in [4.69, 9.17) is 4.42 Å². The van der Waals surface area contributed by atoms with Gasteiger partial charge >= 0.3 is 5.97 Å². The van der Waals surface area contributed by atoms with E-state index in [9.17, 15) is 14.7 Å². The molecular formula is C14H13NO4. The number of carboxylic acid groups (broad SMARTS) is 1. The molecule has 0 aliphatic heterocycles. The van der Waals surface area contributed by atoms with Crippen molar-refractivity contribution < 1.29 is 19.1 Å². The summed E-state index contributed by atoms with van der Waals surface area (Å²) in [5, 5.41) is 11.6. The van der Waals surface area contributed by atoms with Crippen LogP contribution in [0.2, 0.25) is 0 Å². The van der Waals surface area contributed by atoms with Crippen molar-refractivity contribution in [1.82, 2.24) is 5.32 Å². The smallest absolute Gasteiger partial charge is 0.330 e. The Morgan fingerprint density at radius 2 is 1.89 bits per heavy atom. The van der Waals surface area contributed by atoms with Crippen molar-refractivity contribution in [2.45, 2.75) is 13.0 Å². The van der Waals surface area contributed by atoms with Gasteiger partial charge in [0, 0.05) is 5.56 Å². The first-order chi connectivity index (χ1) is 9.09. The number of hydrogen-bond acceptors (Lipinski definition) is 3. The van der Waals surface area contributed by atoms with Crippen molar-refractivity contribution in [2.24, 2.45) is 0 Å². The first kappa shape index (κ1) is 12.9. The molecule has 98 valence electrons. The normalized spacial score (nSPS) is 11.8. The predicted octanol–water partition coefficient (Wildman–Crippen LogP) is 2.14. The number of carbonyl (C=O) groups is 2. The van der Waals surface area contributed by atoms with Crippen LogP contribution in [0.5, 0.6) is 0 Å². The second-order valence-corrected chi connectivity index (χ2v) is 4.09. The van der Waals surface area contributed by atoms with Gasteiger partial charge in [0.1, 0.15) is 0 Å². The second-order valence-electron chi connectivity index (χ2n) is 4.09. The molecule has 0 saturated carbocycles. The number of benzene rings is 1. The van der Waals surface area contributed by atoms with Crippen LogP contribution in [0.1, 0.15) is 27.7 Å². The quantitative estimate of drug-likeness (QED) is 0.881. The number of rotatable bonds is 4. The Hall–Kier alpha value is -2.56. The van der Waals surface area contributed by atoms with Crippen molar-refractivity contribution in [3.63, 3.8) is 0 Å². The summed E-state index contributed by atoms with van der Waals surface area (Å²) >= 11 is 0. The zero-order valence-corrected chi connectivity index (χ0v) is 10.3. The van der Waals surface area contributed by atoms with E-state index in [1.54, 1.807) is 43.3 Å². The molecule has 0 aliphatic rings. The third kappa shape index (κ3) is 2.82. The zero-order valence-electron chi connectivity index (χ0n) is 10.3. The van der Waals surface area contributed by atoms with Gasteiger partial charge in [0.25, 0.3) is 5.91 Å². The van der Waals surface area contributed by atoms with Gasteiger partial charge in [0.15, 0.2) is 11.8 Å². The van der Waals surface area contributed by atoms with Gasteiger partial charge < -0.3 is 14.8 Å². The molecule has 0 bridgehead atoms. The Kier molecular flexibility index (Phi) is 3.66. The molecule has 5 nitrogen and oxygen atoms in total. The highest BCUT2D eigenvalue weighted by Crippen LogP contribution is 2.15. The van der Waals surface area contributed by atoms with E-state index in [-0.39, 0.29) is 5.76 Å². The van der Waals surface area contributed by atoms with Crippen LogP contribution in [-0.2, 0) is 4.79 Å². The lowest BCUT2D eigenvalue weighted by Gasteiger charge is -2.14. The maximum absolute atomic E-state index is 11.9. The van der Waals surface area contributed by atoms with Crippen molar-refractivity contribution in [3.8, 4) is 0 Å². The molecule has 0 aliphatic carbocycles. The molecule has 0 radical (unpaired) electrons. The molecule has 1 heterocycles. The number of carbonyl (C=O) groups excluding carboxylic acids is 1. The number of amides is 1. The molecule has 1 unspecified atom stereocenters. The van der Waals surface area contributed by atoms with Gasteiger partial charge in [-0.25, -0.2) is 4.79 Å². The van der Waals surface area contributed by atoms with Gasteiger partial charge in [-0.3, -0.25) is 4.79 Å². The maximum atomic E-state index is 11.9. The predicted molar refractivity (Wildman–Crippen MR) is 67.7 cm³/mol. The zero-order chi connectivity index (χ0) is 13.8. The third-order valence-corrected chi connectivity index (χ3v) is 2.72. The monoisotopic (exact) mass is 259 g/mol. The summed E-state index contributed by atoms with van der Waals surface area (Å²) in [4.78, 5) is 23.2. The standard InChI is InChI=1S/C14H13NO4/c1-9-7-8-19-12(9)13(16)15-11(14(17)18)10-5-3-2-4-6-10/h2-8,11H,1H3,(H,15,16)(H,17,18). The number of hydrogen-bond donors (Lipinski definition) is 2. The minimum atomic E-state index is -1.12. The fraction of sp³-hybridized carbons (Fsp3) is 0.143. The number of aliphatic carboxylic acids is 1. The summed E-state index contributed by atoms with van der Waals surface area (Å²) < 4.78 is 5.04. The van der Waals surface area contributed by atoms with Crippen LogP contribution in [0.4, 0.5) is 0 Å². The Morgan fingerprint density at radius 3 is 2.42 bits per heavy atom. The van der Waals surface area contributed by atoms with Crippen molar-refractivity contribution in [2.75, 3.05) is 0 Å². The average Bonchev–Trinajstić information content (AvgIpc) is 2.82. The number of carboxylic acids is 1. The maximum Gasteiger partial charge on any atom is 0.330 e. The highest BCUT2D eigenvalue weighted by atomic mass is 16.4. The van der Waals surface area contributed by atoms with Crippen LogP contribution < -0.4 is 5.32 Å². The van der Waals surface area contributed by atoms with Gasteiger partial charge in [-0.1, -0.05) is 30.3 Å². The van der Waals surface area contributed by atoms with Crippen LogP contribution in [-0.4, -0.2) is 17.0 Å². The van der Waals surface area contributed by atoms with Crippen LogP contribution in [0.3, 0.4) is 0 Å². The lowest BCUT2D eigenvalue weighted by molar-refractivity contribution is -0.139. The van der Waals surface area contributed by atoms with E-state index in [0.29, 0.717) is 11.1 Å². The Bertz CT molecular complexity index is 589. The van der Waals surface area contributed by atoms with Gasteiger partial charge in [-0.15, -0.1) is 0 Å². The molecule has 1 atom stereocenters. The van der Waals surface area contributed by atoms with Gasteiger partial charge in [0.2, 0.25) is 0 Å². The highest BCUT2D eigenvalue weighted by Gasteiger charge is 2.24. The summed E-state index contributed by atoms with van der Waals surface area (Å²) in [6.45, 7) is 1.72. The van der Waals surface area contributed by atoms with E-state index in [1.165, 1.54) is 6.26 Å². The summed E-state index contributed by atoms with van der Waals surface area (Å²) in [6, 6.07) is 9.06. The summed E-state index contributed by atoms with van der Waals surface area (Å²) in [5.41, 5.74) is 1.17. The Morgan fingerprint density at radius 1 is 1.21 bits per heavy atom. The van der Waals surface area contributed by atoms with Crippen molar-refractivity contribution in [1.29, 1.82) is 0 Å². The van der Waals surface area contributed by atoms with Gasteiger partial charge in [-0.05, 0) is 18.6 Å². The highest BCUT2D eigenvalue weighted by molar-refractivity contribution is 5.95. The number of furan rings is 1. The first-order valence-corrected chi connectivity index (χ1v) is 5.72. The fourth-order valence-corrected chi connectivity index (χ4v) is 1.74. The molecule has 2 aromatic rings. The van der Waals surface area contributed by atoms with E-state index < -0.39 is 17.9 Å². The molecule has 2 rings (SSSR count).